The molecule has 0 saturated heterocycles. The lowest BCUT2D eigenvalue weighted by molar-refractivity contribution is 0.477. The SMILES string of the molecule is C=CC(CC)Cc1cnc(-c2ccccc2)o1. The molecule has 0 saturated carbocycles. The Morgan fingerprint density at radius 2 is 2.12 bits per heavy atom. The Morgan fingerprint density at radius 1 is 1.35 bits per heavy atom. The Labute approximate surface area is 102 Å². The fraction of sp³-hybridized carbons (Fsp3) is 0.267. The van der Waals surface area contributed by atoms with Crippen molar-refractivity contribution in [3.8, 4) is 11.5 Å². The summed E-state index contributed by atoms with van der Waals surface area (Å²) in [6, 6.07) is 9.95. The maximum Gasteiger partial charge on any atom is 0.226 e. The third-order valence-electron chi connectivity index (χ3n) is 2.90. The Balaban J connectivity index is 2.14. The van der Waals surface area contributed by atoms with Crippen LogP contribution >= 0.6 is 0 Å². The molecule has 1 atom stereocenters. The molecule has 17 heavy (non-hydrogen) atoms. The molecule has 0 aliphatic carbocycles. The van der Waals surface area contributed by atoms with Crippen LogP contribution in [0.2, 0.25) is 0 Å². The summed E-state index contributed by atoms with van der Waals surface area (Å²) in [5.41, 5.74) is 1.02. The highest BCUT2D eigenvalue weighted by Gasteiger charge is 2.09. The van der Waals surface area contributed by atoms with Crippen LogP contribution in [0, 0.1) is 5.92 Å². The summed E-state index contributed by atoms with van der Waals surface area (Å²) in [6.07, 6.45) is 5.74. The first-order valence-corrected chi connectivity index (χ1v) is 5.96. The van der Waals surface area contributed by atoms with Gasteiger partial charge in [-0.1, -0.05) is 31.2 Å². The van der Waals surface area contributed by atoms with Gasteiger partial charge in [-0.2, -0.15) is 0 Å². The number of hydrogen-bond donors (Lipinski definition) is 0. The van der Waals surface area contributed by atoms with E-state index in [0.717, 1.165) is 24.2 Å². The molecule has 2 aromatic rings. The summed E-state index contributed by atoms with van der Waals surface area (Å²) in [7, 11) is 0. The van der Waals surface area contributed by atoms with Crippen LogP contribution in [0.15, 0.2) is 53.6 Å². The van der Waals surface area contributed by atoms with Gasteiger partial charge in [0.05, 0.1) is 6.20 Å². The summed E-state index contributed by atoms with van der Waals surface area (Å²) >= 11 is 0. The first-order chi connectivity index (χ1) is 8.33. The zero-order chi connectivity index (χ0) is 12.1. The van der Waals surface area contributed by atoms with E-state index in [4.69, 9.17) is 4.42 Å². The third-order valence-corrected chi connectivity index (χ3v) is 2.90. The van der Waals surface area contributed by atoms with E-state index in [0.29, 0.717) is 11.8 Å². The predicted octanol–water partition coefficient (Wildman–Crippen LogP) is 4.10. The normalized spacial score (nSPS) is 12.3. The van der Waals surface area contributed by atoms with Crippen LogP contribution < -0.4 is 0 Å². The molecule has 2 rings (SSSR count). The summed E-state index contributed by atoms with van der Waals surface area (Å²) in [5.74, 6) is 2.08. The molecule has 1 heterocycles. The predicted molar refractivity (Wildman–Crippen MR) is 69.6 cm³/mol. The van der Waals surface area contributed by atoms with Gasteiger partial charge in [0.1, 0.15) is 5.76 Å². The van der Waals surface area contributed by atoms with Gasteiger partial charge < -0.3 is 4.42 Å². The molecule has 1 unspecified atom stereocenters. The lowest BCUT2D eigenvalue weighted by Crippen LogP contribution is -1.97. The van der Waals surface area contributed by atoms with Gasteiger partial charge in [-0.25, -0.2) is 4.98 Å². The molecule has 1 aromatic carbocycles. The van der Waals surface area contributed by atoms with E-state index in [1.807, 2.05) is 42.6 Å². The summed E-state index contributed by atoms with van der Waals surface area (Å²) in [4.78, 5) is 4.31. The molecule has 0 radical (unpaired) electrons. The van der Waals surface area contributed by atoms with Crippen molar-refractivity contribution >= 4 is 0 Å². The molecule has 0 fully saturated rings. The largest absolute Gasteiger partial charge is 0.441 e. The average molecular weight is 227 g/mol. The lowest BCUT2D eigenvalue weighted by atomic mass is 10.0. The maximum absolute atomic E-state index is 5.74. The third kappa shape index (κ3) is 2.84. The van der Waals surface area contributed by atoms with Gasteiger partial charge in [0, 0.05) is 12.0 Å². The first kappa shape index (κ1) is 11.6. The van der Waals surface area contributed by atoms with E-state index in [9.17, 15) is 0 Å². The molecular weight excluding hydrogens is 210 g/mol. The minimum absolute atomic E-state index is 0.464. The second kappa shape index (κ2) is 5.48. The molecule has 2 nitrogen and oxygen atoms in total. The molecule has 0 N–H and O–H groups in total. The van der Waals surface area contributed by atoms with Crippen molar-refractivity contribution in [3.05, 3.63) is 54.9 Å². The monoisotopic (exact) mass is 227 g/mol. The minimum Gasteiger partial charge on any atom is -0.441 e. The van der Waals surface area contributed by atoms with Crippen molar-refractivity contribution in [2.75, 3.05) is 0 Å². The van der Waals surface area contributed by atoms with Crippen molar-refractivity contribution in [3.63, 3.8) is 0 Å². The zero-order valence-corrected chi connectivity index (χ0v) is 10.1. The lowest BCUT2D eigenvalue weighted by Gasteiger charge is -2.05. The molecule has 0 aliphatic rings. The minimum atomic E-state index is 0.464. The van der Waals surface area contributed by atoms with Gasteiger partial charge in [-0.15, -0.1) is 6.58 Å². The van der Waals surface area contributed by atoms with Crippen LogP contribution in [0.25, 0.3) is 11.5 Å². The van der Waals surface area contributed by atoms with E-state index in [1.165, 1.54) is 0 Å². The van der Waals surface area contributed by atoms with E-state index in [1.54, 1.807) is 0 Å². The number of benzene rings is 1. The molecular formula is C15H17NO. The molecule has 0 bridgehead atoms. The Morgan fingerprint density at radius 3 is 2.76 bits per heavy atom. The number of allylic oxidation sites excluding steroid dienone is 1. The van der Waals surface area contributed by atoms with Crippen LogP contribution in [-0.4, -0.2) is 4.98 Å². The van der Waals surface area contributed by atoms with Crippen LogP contribution in [0.5, 0.6) is 0 Å². The molecule has 0 spiro atoms. The quantitative estimate of drug-likeness (QED) is 0.719. The van der Waals surface area contributed by atoms with E-state index in [-0.39, 0.29) is 0 Å². The van der Waals surface area contributed by atoms with Gasteiger partial charge in [-0.05, 0) is 24.5 Å². The topological polar surface area (TPSA) is 26.0 Å². The van der Waals surface area contributed by atoms with Crippen LogP contribution in [0.1, 0.15) is 19.1 Å². The summed E-state index contributed by atoms with van der Waals surface area (Å²) < 4.78 is 5.74. The number of aromatic nitrogens is 1. The van der Waals surface area contributed by atoms with E-state index >= 15 is 0 Å². The van der Waals surface area contributed by atoms with E-state index in [2.05, 4.69) is 18.5 Å². The number of nitrogens with zero attached hydrogens (tertiary/aromatic N) is 1. The van der Waals surface area contributed by atoms with Gasteiger partial charge in [0.2, 0.25) is 5.89 Å². The smallest absolute Gasteiger partial charge is 0.226 e. The number of hydrogen-bond acceptors (Lipinski definition) is 2. The van der Waals surface area contributed by atoms with Gasteiger partial charge in [-0.3, -0.25) is 0 Å². The molecule has 0 amide bonds. The number of oxazole rings is 1. The van der Waals surface area contributed by atoms with Crippen LogP contribution in [0.4, 0.5) is 0 Å². The Kier molecular flexibility index (Phi) is 3.76. The first-order valence-electron chi connectivity index (χ1n) is 5.96. The van der Waals surface area contributed by atoms with Crippen LogP contribution in [0.3, 0.4) is 0 Å². The standard InChI is InChI=1S/C15H17NO/c1-3-12(4-2)10-14-11-16-15(17-14)13-8-6-5-7-9-13/h3,5-9,11-12H,1,4,10H2,2H3. The van der Waals surface area contributed by atoms with Gasteiger partial charge >= 0.3 is 0 Å². The highest BCUT2D eigenvalue weighted by molar-refractivity contribution is 5.52. The van der Waals surface area contributed by atoms with Gasteiger partial charge in [0.25, 0.3) is 0 Å². The molecule has 0 aliphatic heterocycles. The second-order valence-corrected chi connectivity index (χ2v) is 4.11. The maximum atomic E-state index is 5.74. The van der Waals surface area contributed by atoms with Gasteiger partial charge in [0.15, 0.2) is 0 Å². The van der Waals surface area contributed by atoms with Crippen molar-refractivity contribution in [2.24, 2.45) is 5.92 Å². The zero-order valence-electron chi connectivity index (χ0n) is 10.1. The molecule has 2 heteroatoms. The van der Waals surface area contributed by atoms with Crippen molar-refractivity contribution in [1.29, 1.82) is 0 Å². The second-order valence-electron chi connectivity index (χ2n) is 4.11. The molecule has 1 aromatic heterocycles. The van der Waals surface area contributed by atoms with Crippen molar-refractivity contribution in [2.45, 2.75) is 19.8 Å². The average Bonchev–Trinajstić information content (AvgIpc) is 2.85. The highest BCUT2D eigenvalue weighted by atomic mass is 16.4. The van der Waals surface area contributed by atoms with Crippen LogP contribution in [-0.2, 0) is 6.42 Å². The Bertz CT molecular complexity index is 473. The van der Waals surface area contributed by atoms with Crippen molar-refractivity contribution < 1.29 is 4.42 Å². The summed E-state index contributed by atoms with van der Waals surface area (Å²) in [6.45, 7) is 5.98. The fourth-order valence-electron chi connectivity index (χ4n) is 1.77. The fourth-order valence-corrected chi connectivity index (χ4v) is 1.77. The van der Waals surface area contributed by atoms with E-state index < -0.39 is 0 Å². The number of rotatable bonds is 5. The Hall–Kier alpha value is -1.83. The highest BCUT2D eigenvalue weighted by Crippen LogP contribution is 2.21. The van der Waals surface area contributed by atoms with Crippen molar-refractivity contribution in [1.82, 2.24) is 4.98 Å². The molecule has 88 valence electrons. The summed E-state index contributed by atoms with van der Waals surface area (Å²) in [5, 5.41) is 0.